The second-order valence-corrected chi connectivity index (χ2v) is 5.22. The van der Waals surface area contributed by atoms with Gasteiger partial charge in [0.15, 0.2) is 0 Å². The fourth-order valence-electron chi connectivity index (χ4n) is 1.04. The fourth-order valence-corrected chi connectivity index (χ4v) is 2.17. The highest BCUT2D eigenvalue weighted by Crippen LogP contribution is 2.51. The van der Waals surface area contributed by atoms with Gasteiger partial charge in [0, 0.05) is 14.1 Å². The Morgan fingerprint density at radius 3 is 2.50 bits per heavy atom. The van der Waals surface area contributed by atoms with E-state index in [9.17, 15) is 9.11 Å². The van der Waals surface area contributed by atoms with E-state index in [2.05, 4.69) is 0 Å². The van der Waals surface area contributed by atoms with Crippen LogP contribution in [0.3, 0.4) is 0 Å². The summed E-state index contributed by atoms with van der Waals surface area (Å²) >= 11 is 0. The molecule has 3 nitrogen and oxygen atoms in total. The molecule has 2 N–H and O–H groups in total. The minimum Gasteiger partial charge on any atom is -0.282 e. The minimum absolute atomic E-state index is 0.731. The molecule has 0 unspecified atom stereocenters. The third-order valence-corrected chi connectivity index (χ3v) is 3.90. The second-order valence-electron chi connectivity index (χ2n) is 2.93. The number of allylic oxidation sites excluding steroid dienone is 4. The van der Waals surface area contributed by atoms with Crippen molar-refractivity contribution < 1.29 is 9.11 Å². The SMILES string of the molecule is CN(C)S(O)(O)C1=CC=CCC1. The summed E-state index contributed by atoms with van der Waals surface area (Å²) in [5, 5.41) is 0. The van der Waals surface area contributed by atoms with Gasteiger partial charge in [-0.15, -0.1) is 10.8 Å². The van der Waals surface area contributed by atoms with Crippen LogP contribution in [0.2, 0.25) is 0 Å². The third-order valence-electron chi connectivity index (χ3n) is 1.84. The maximum atomic E-state index is 9.68. The molecule has 1 rings (SSSR count). The van der Waals surface area contributed by atoms with E-state index in [1.54, 1.807) is 20.2 Å². The molecule has 0 aromatic carbocycles. The summed E-state index contributed by atoms with van der Waals surface area (Å²) in [5.74, 6) is 0. The Morgan fingerprint density at radius 1 is 1.42 bits per heavy atom. The third kappa shape index (κ3) is 1.90. The molecule has 0 atom stereocenters. The number of hydrogen-bond acceptors (Lipinski definition) is 3. The molecular weight excluding hydrogens is 174 g/mol. The van der Waals surface area contributed by atoms with Gasteiger partial charge in [0.25, 0.3) is 0 Å². The molecule has 1 aliphatic carbocycles. The topological polar surface area (TPSA) is 43.7 Å². The van der Waals surface area contributed by atoms with Crippen LogP contribution in [0.25, 0.3) is 0 Å². The van der Waals surface area contributed by atoms with E-state index >= 15 is 0 Å². The van der Waals surface area contributed by atoms with Crippen LogP contribution in [0.15, 0.2) is 23.1 Å². The lowest BCUT2D eigenvalue weighted by Crippen LogP contribution is -2.20. The van der Waals surface area contributed by atoms with E-state index in [1.165, 1.54) is 4.31 Å². The monoisotopic (exact) mass is 189 g/mol. The van der Waals surface area contributed by atoms with Gasteiger partial charge in [0.05, 0.1) is 4.91 Å². The lowest BCUT2D eigenvalue weighted by molar-refractivity contribution is 0.421. The molecule has 0 aromatic heterocycles. The van der Waals surface area contributed by atoms with Crippen LogP contribution in [-0.4, -0.2) is 27.5 Å². The summed E-state index contributed by atoms with van der Waals surface area (Å²) in [6, 6.07) is 0. The minimum atomic E-state index is -2.66. The number of nitrogens with zero attached hydrogens (tertiary/aromatic N) is 1. The van der Waals surface area contributed by atoms with Crippen LogP contribution in [0.4, 0.5) is 0 Å². The molecule has 0 aromatic rings. The number of rotatable bonds is 2. The molecule has 0 bridgehead atoms. The summed E-state index contributed by atoms with van der Waals surface area (Å²) < 4.78 is 20.8. The molecule has 0 fully saturated rings. The molecular formula is C8H15NO2S. The van der Waals surface area contributed by atoms with Crippen molar-refractivity contribution in [1.82, 2.24) is 4.31 Å². The smallest absolute Gasteiger partial charge is 0.0529 e. The highest BCUT2D eigenvalue weighted by molar-refractivity contribution is 8.25. The Hall–Kier alpha value is -0.290. The molecule has 0 radical (unpaired) electrons. The molecule has 70 valence electrons. The average molecular weight is 189 g/mol. The lowest BCUT2D eigenvalue weighted by Gasteiger charge is -2.40. The van der Waals surface area contributed by atoms with E-state index in [-0.39, 0.29) is 0 Å². The van der Waals surface area contributed by atoms with Gasteiger partial charge < -0.3 is 0 Å². The van der Waals surface area contributed by atoms with Crippen LogP contribution in [0.1, 0.15) is 12.8 Å². The summed E-state index contributed by atoms with van der Waals surface area (Å²) in [6.45, 7) is 0. The second kappa shape index (κ2) is 3.62. The van der Waals surface area contributed by atoms with Gasteiger partial charge in [-0.25, -0.2) is 4.31 Å². The molecule has 0 amide bonds. The van der Waals surface area contributed by atoms with Crippen LogP contribution < -0.4 is 0 Å². The van der Waals surface area contributed by atoms with E-state index in [0.717, 1.165) is 17.7 Å². The Morgan fingerprint density at radius 2 is 2.08 bits per heavy atom. The van der Waals surface area contributed by atoms with Crippen LogP contribution in [0, 0.1) is 0 Å². The highest BCUT2D eigenvalue weighted by Gasteiger charge is 2.20. The molecule has 0 heterocycles. The van der Waals surface area contributed by atoms with Crippen molar-refractivity contribution in [3.63, 3.8) is 0 Å². The zero-order valence-corrected chi connectivity index (χ0v) is 8.21. The van der Waals surface area contributed by atoms with Crippen LogP contribution in [0.5, 0.6) is 0 Å². The molecule has 4 heteroatoms. The molecule has 0 saturated carbocycles. The van der Waals surface area contributed by atoms with Crippen molar-refractivity contribution in [3.05, 3.63) is 23.1 Å². The van der Waals surface area contributed by atoms with Gasteiger partial charge in [0.1, 0.15) is 0 Å². The first-order valence-corrected chi connectivity index (χ1v) is 5.37. The fraction of sp³-hybridized carbons (Fsp3) is 0.500. The van der Waals surface area contributed by atoms with Gasteiger partial charge >= 0.3 is 0 Å². The number of hydrogen-bond donors (Lipinski definition) is 2. The van der Waals surface area contributed by atoms with Crippen LogP contribution >= 0.6 is 10.8 Å². The molecule has 12 heavy (non-hydrogen) atoms. The normalized spacial score (nSPS) is 19.6. The Balaban J connectivity index is 2.80. The maximum absolute atomic E-state index is 9.68. The van der Waals surface area contributed by atoms with Gasteiger partial charge in [-0.1, -0.05) is 12.2 Å². The van der Waals surface area contributed by atoms with Crippen LogP contribution in [-0.2, 0) is 0 Å². The first kappa shape index (κ1) is 9.80. The van der Waals surface area contributed by atoms with Gasteiger partial charge in [0.2, 0.25) is 0 Å². The Bertz CT molecular complexity index is 221. The summed E-state index contributed by atoms with van der Waals surface area (Å²) in [4.78, 5) is 0.731. The van der Waals surface area contributed by atoms with E-state index in [1.807, 2.05) is 12.2 Å². The average Bonchev–Trinajstić information content (AvgIpc) is 2.06. The maximum Gasteiger partial charge on any atom is 0.0529 e. The zero-order valence-electron chi connectivity index (χ0n) is 7.40. The summed E-state index contributed by atoms with van der Waals surface area (Å²) in [5.41, 5.74) is 0. The lowest BCUT2D eigenvalue weighted by atomic mass is 10.2. The highest BCUT2D eigenvalue weighted by atomic mass is 32.3. The standard InChI is InChI=1S/C8H15NO2S/c1-9(2)12(10,11)8-6-4-3-5-7-8/h3-4,6,10-11H,5,7H2,1-2H3. The first-order valence-electron chi connectivity index (χ1n) is 3.86. The first-order chi connectivity index (χ1) is 5.55. The summed E-state index contributed by atoms with van der Waals surface area (Å²) in [7, 11) is 0.693. The quantitative estimate of drug-likeness (QED) is 0.701. The van der Waals surface area contributed by atoms with E-state index in [4.69, 9.17) is 0 Å². The van der Waals surface area contributed by atoms with Crippen molar-refractivity contribution in [3.8, 4) is 0 Å². The largest absolute Gasteiger partial charge is 0.282 e. The van der Waals surface area contributed by atoms with Crippen molar-refractivity contribution >= 4 is 10.8 Å². The zero-order chi connectivity index (χ0) is 9.19. The van der Waals surface area contributed by atoms with Crippen molar-refractivity contribution in [1.29, 1.82) is 0 Å². The van der Waals surface area contributed by atoms with E-state index < -0.39 is 10.8 Å². The molecule has 0 spiro atoms. The van der Waals surface area contributed by atoms with Gasteiger partial charge in [-0.3, -0.25) is 9.11 Å². The predicted molar refractivity (Wildman–Crippen MR) is 53.0 cm³/mol. The molecule has 1 aliphatic rings. The van der Waals surface area contributed by atoms with Crippen molar-refractivity contribution in [2.24, 2.45) is 0 Å². The van der Waals surface area contributed by atoms with E-state index in [0.29, 0.717) is 0 Å². The van der Waals surface area contributed by atoms with Crippen molar-refractivity contribution in [2.75, 3.05) is 14.1 Å². The predicted octanol–water partition coefficient (Wildman–Crippen LogP) is 2.45. The Kier molecular flexibility index (Phi) is 2.95. The summed E-state index contributed by atoms with van der Waals surface area (Å²) in [6.07, 6.45) is 7.33. The van der Waals surface area contributed by atoms with Crippen molar-refractivity contribution in [2.45, 2.75) is 12.8 Å². The molecule has 0 aliphatic heterocycles. The van der Waals surface area contributed by atoms with Gasteiger partial charge in [-0.2, -0.15) is 0 Å². The van der Waals surface area contributed by atoms with Gasteiger partial charge in [-0.05, 0) is 18.9 Å². The molecule has 0 saturated heterocycles. The Labute approximate surface area is 74.9 Å².